The van der Waals surface area contributed by atoms with Crippen LogP contribution in [0, 0.1) is 0 Å². The average molecular weight is 242 g/mol. The van der Waals surface area contributed by atoms with Gasteiger partial charge < -0.3 is 14.8 Å². The van der Waals surface area contributed by atoms with Crippen LogP contribution >= 0.6 is 0 Å². The third-order valence-electron chi connectivity index (χ3n) is 2.48. The van der Waals surface area contributed by atoms with Gasteiger partial charge in [0.15, 0.2) is 5.82 Å². The lowest BCUT2D eigenvalue weighted by Gasteiger charge is -1.95. The van der Waals surface area contributed by atoms with Gasteiger partial charge in [-0.15, -0.1) is 0 Å². The topological polar surface area (TPSA) is 95.7 Å². The molecule has 7 nitrogen and oxygen atoms in total. The molecule has 0 saturated heterocycles. The Morgan fingerprint density at radius 3 is 2.89 bits per heavy atom. The number of hydrogen-bond acceptors (Lipinski definition) is 6. The van der Waals surface area contributed by atoms with Crippen LogP contribution in [0.3, 0.4) is 0 Å². The van der Waals surface area contributed by atoms with Gasteiger partial charge >= 0.3 is 0 Å². The largest absolute Gasteiger partial charge is 0.384 e. The highest BCUT2D eigenvalue weighted by Gasteiger charge is 2.13. The summed E-state index contributed by atoms with van der Waals surface area (Å²) in [6.45, 7) is 0. The maximum Gasteiger partial charge on any atom is 0.258 e. The third-order valence-corrected chi connectivity index (χ3v) is 2.48. The van der Waals surface area contributed by atoms with Crippen molar-refractivity contribution >= 4 is 5.82 Å². The Hall–Kier alpha value is -2.70. The summed E-state index contributed by atoms with van der Waals surface area (Å²) in [6.07, 6.45) is 5.08. The molecule has 0 aliphatic rings. The number of imidazole rings is 1. The van der Waals surface area contributed by atoms with Gasteiger partial charge in [-0.3, -0.25) is 0 Å². The molecule has 7 heteroatoms. The number of hydrogen-bond donors (Lipinski definition) is 1. The van der Waals surface area contributed by atoms with E-state index >= 15 is 0 Å². The molecule has 90 valence electrons. The van der Waals surface area contributed by atoms with Crippen molar-refractivity contribution in [2.75, 3.05) is 5.73 Å². The van der Waals surface area contributed by atoms with Gasteiger partial charge in [0.1, 0.15) is 5.82 Å². The van der Waals surface area contributed by atoms with Crippen LogP contribution in [-0.4, -0.2) is 24.7 Å². The molecule has 0 aliphatic carbocycles. The van der Waals surface area contributed by atoms with Gasteiger partial charge in [0.05, 0.1) is 0 Å². The van der Waals surface area contributed by atoms with Crippen molar-refractivity contribution in [3.05, 3.63) is 30.7 Å². The molecular weight excluding hydrogens is 232 g/mol. The Morgan fingerprint density at radius 2 is 2.17 bits per heavy atom. The molecule has 0 aliphatic heterocycles. The molecule has 0 radical (unpaired) electrons. The Morgan fingerprint density at radius 1 is 1.28 bits per heavy atom. The van der Waals surface area contributed by atoms with E-state index in [-0.39, 0.29) is 0 Å². The minimum absolute atomic E-state index is 0.391. The molecule has 0 saturated carbocycles. The lowest BCUT2D eigenvalue weighted by molar-refractivity contribution is 0.431. The number of anilines is 1. The Kier molecular flexibility index (Phi) is 2.30. The van der Waals surface area contributed by atoms with E-state index in [9.17, 15) is 0 Å². The summed E-state index contributed by atoms with van der Waals surface area (Å²) < 4.78 is 7.00. The molecule has 3 aromatic rings. The van der Waals surface area contributed by atoms with E-state index in [0.717, 1.165) is 5.56 Å². The summed E-state index contributed by atoms with van der Waals surface area (Å²) in [5, 5.41) is 3.89. The van der Waals surface area contributed by atoms with Crippen LogP contribution in [0.5, 0.6) is 0 Å². The molecule has 0 aromatic carbocycles. The summed E-state index contributed by atoms with van der Waals surface area (Å²) in [6, 6.07) is 3.43. The first-order valence-electron chi connectivity index (χ1n) is 5.27. The molecule has 0 bridgehead atoms. The molecule has 0 atom stereocenters. The second-order valence-electron chi connectivity index (χ2n) is 3.75. The zero-order valence-electron chi connectivity index (χ0n) is 9.61. The lowest BCUT2D eigenvalue weighted by Crippen LogP contribution is -1.93. The lowest BCUT2D eigenvalue weighted by atomic mass is 10.2. The molecule has 3 aromatic heterocycles. The molecule has 0 spiro atoms. The maximum absolute atomic E-state index is 5.60. The van der Waals surface area contributed by atoms with Crippen molar-refractivity contribution in [2.24, 2.45) is 7.05 Å². The SMILES string of the molecule is Cn1ccnc1-c1noc(-c2ccnc(N)c2)n1. The molecule has 0 fully saturated rings. The predicted molar refractivity (Wildman–Crippen MR) is 64.1 cm³/mol. The minimum Gasteiger partial charge on any atom is -0.384 e. The highest BCUT2D eigenvalue weighted by molar-refractivity contribution is 5.58. The molecular formula is C11H10N6O. The molecule has 2 N–H and O–H groups in total. The van der Waals surface area contributed by atoms with Gasteiger partial charge in [0, 0.05) is 31.2 Å². The average Bonchev–Trinajstić information content (AvgIpc) is 2.97. The van der Waals surface area contributed by atoms with Gasteiger partial charge in [0.2, 0.25) is 5.82 Å². The van der Waals surface area contributed by atoms with Crippen LogP contribution in [0.4, 0.5) is 5.82 Å². The maximum atomic E-state index is 5.60. The first-order chi connectivity index (χ1) is 8.74. The standard InChI is InChI=1S/C11H10N6O/c1-17-5-4-14-10(17)9-15-11(18-16-9)7-2-3-13-8(12)6-7/h2-6H,1H3,(H2,12,13). The van der Waals surface area contributed by atoms with Gasteiger partial charge in [-0.2, -0.15) is 4.98 Å². The summed E-state index contributed by atoms with van der Waals surface area (Å²) in [5.41, 5.74) is 6.34. The first-order valence-corrected chi connectivity index (χ1v) is 5.27. The van der Waals surface area contributed by atoms with Crippen molar-refractivity contribution in [1.82, 2.24) is 24.7 Å². The van der Waals surface area contributed by atoms with Crippen LogP contribution in [0.25, 0.3) is 23.1 Å². The molecule has 0 unspecified atom stereocenters. The number of aromatic nitrogens is 5. The monoisotopic (exact) mass is 242 g/mol. The van der Waals surface area contributed by atoms with Crippen LogP contribution in [0.2, 0.25) is 0 Å². The number of aryl methyl sites for hydroxylation is 1. The molecule has 18 heavy (non-hydrogen) atoms. The van der Waals surface area contributed by atoms with Gasteiger partial charge in [-0.25, -0.2) is 9.97 Å². The van der Waals surface area contributed by atoms with E-state index in [1.54, 1.807) is 24.5 Å². The summed E-state index contributed by atoms with van der Waals surface area (Å²) in [7, 11) is 1.86. The van der Waals surface area contributed by atoms with Crippen molar-refractivity contribution in [2.45, 2.75) is 0 Å². The number of rotatable bonds is 2. The zero-order valence-corrected chi connectivity index (χ0v) is 9.61. The number of pyridine rings is 1. The van der Waals surface area contributed by atoms with Gasteiger partial charge in [-0.1, -0.05) is 5.16 Å². The van der Waals surface area contributed by atoms with Crippen LogP contribution in [0.1, 0.15) is 0 Å². The van der Waals surface area contributed by atoms with Crippen LogP contribution in [-0.2, 0) is 7.05 Å². The second kappa shape index (κ2) is 3.95. The quantitative estimate of drug-likeness (QED) is 0.723. The fourth-order valence-corrected chi connectivity index (χ4v) is 1.59. The summed E-state index contributed by atoms with van der Waals surface area (Å²) in [5.74, 6) is 1.88. The van der Waals surface area contributed by atoms with Gasteiger partial charge in [-0.05, 0) is 12.1 Å². The van der Waals surface area contributed by atoms with E-state index in [1.807, 2.05) is 17.8 Å². The predicted octanol–water partition coefficient (Wildman–Crippen LogP) is 1.11. The number of nitrogens with two attached hydrogens (primary N) is 1. The third kappa shape index (κ3) is 1.71. The van der Waals surface area contributed by atoms with E-state index < -0.39 is 0 Å². The van der Waals surface area contributed by atoms with Crippen molar-refractivity contribution in [3.8, 4) is 23.1 Å². The van der Waals surface area contributed by atoms with Crippen molar-refractivity contribution in [3.63, 3.8) is 0 Å². The zero-order chi connectivity index (χ0) is 12.5. The van der Waals surface area contributed by atoms with Crippen molar-refractivity contribution < 1.29 is 4.52 Å². The molecule has 0 amide bonds. The Labute approximate surface area is 102 Å². The number of nitrogens with zero attached hydrogens (tertiary/aromatic N) is 5. The van der Waals surface area contributed by atoms with Crippen LogP contribution in [0.15, 0.2) is 35.2 Å². The molecule has 3 rings (SSSR count). The summed E-state index contributed by atoms with van der Waals surface area (Å²) in [4.78, 5) is 12.3. The second-order valence-corrected chi connectivity index (χ2v) is 3.75. The highest BCUT2D eigenvalue weighted by atomic mass is 16.5. The number of nitrogen functional groups attached to an aromatic ring is 1. The molecule has 3 heterocycles. The Balaban J connectivity index is 2.02. The first kappa shape index (κ1) is 10.5. The van der Waals surface area contributed by atoms with Gasteiger partial charge in [0.25, 0.3) is 5.89 Å². The van der Waals surface area contributed by atoms with E-state index in [0.29, 0.717) is 23.4 Å². The fourth-order valence-electron chi connectivity index (χ4n) is 1.59. The highest BCUT2D eigenvalue weighted by Crippen LogP contribution is 2.21. The Bertz CT molecular complexity index is 686. The van der Waals surface area contributed by atoms with E-state index in [4.69, 9.17) is 10.3 Å². The van der Waals surface area contributed by atoms with E-state index in [1.165, 1.54) is 0 Å². The summed E-state index contributed by atoms with van der Waals surface area (Å²) >= 11 is 0. The van der Waals surface area contributed by atoms with Crippen molar-refractivity contribution in [1.29, 1.82) is 0 Å². The van der Waals surface area contributed by atoms with Crippen LogP contribution < -0.4 is 5.73 Å². The minimum atomic E-state index is 0.391. The fraction of sp³-hybridized carbons (Fsp3) is 0.0909. The van der Waals surface area contributed by atoms with E-state index in [2.05, 4.69) is 20.1 Å². The normalized spacial score (nSPS) is 10.7. The smallest absolute Gasteiger partial charge is 0.258 e.